The fourth-order valence-corrected chi connectivity index (χ4v) is 2.50. The summed E-state index contributed by atoms with van der Waals surface area (Å²) in [6, 6.07) is 18.2. The Hall–Kier alpha value is -2.21. The molecule has 0 aliphatic carbocycles. The lowest BCUT2D eigenvalue weighted by molar-refractivity contribution is 0.487. The van der Waals surface area contributed by atoms with E-state index in [2.05, 4.69) is 6.07 Å². The smallest absolute Gasteiger partial charge is 0.146 e. The highest BCUT2D eigenvalue weighted by Gasteiger charge is 2.10. The molecule has 0 saturated heterocycles. The van der Waals surface area contributed by atoms with Gasteiger partial charge in [0.1, 0.15) is 17.6 Å². The molecule has 0 aromatic heterocycles. The first-order valence-electron chi connectivity index (χ1n) is 6.24. The summed E-state index contributed by atoms with van der Waals surface area (Å²) in [6.07, 6.45) is 0. The first kappa shape index (κ1) is 13.8. The molecule has 0 amide bonds. The lowest BCUT2D eigenvalue weighted by Gasteiger charge is -2.11. The zero-order valence-corrected chi connectivity index (χ0v) is 12.3. The van der Waals surface area contributed by atoms with E-state index in [1.54, 1.807) is 30.3 Å². The molecule has 0 spiro atoms. The van der Waals surface area contributed by atoms with E-state index in [1.165, 1.54) is 0 Å². The van der Waals surface area contributed by atoms with Crippen LogP contribution in [0.4, 0.5) is 0 Å². The SMILES string of the molecule is N#Cc1ccc(Cl)cc1Oc1ccc(Cl)c2ccccc12. The van der Waals surface area contributed by atoms with Crippen molar-refractivity contribution >= 4 is 34.0 Å². The molecule has 2 nitrogen and oxygen atoms in total. The van der Waals surface area contributed by atoms with Gasteiger partial charge in [-0.25, -0.2) is 0 Å². The quantitative estimate of drug-likeness (QED) is 0.598. The Bertz CT molecular complexity index is 868. The number of hydrogen-bond acceptors (Lipinski definition) is 2. The van der Waals surface area contributed by atoms with E-state index in [1.807, 2.05) is 24.3 Å². The molecule has 0 radical (unpaired) electrons. The molecule has 3 aromatic carbocycles. The Kier molecular flexibility index (Phi) is 3.70. The van der Waals surface area contributed by atoms with Gasteiger partial charge in [0.2, 0.25) is 0 Å². The Balaban J connectivity index is 2.13. The third-order valence-electron chi connectivity index (χ3n) is 3.11. The number of rotatable bonds is 2. The van der Waals surface area contributed by atoms with Crippen LogP contribution in [0.3, 0.4) is 0 Å². The van der Waals surface area contributed by atoms with Crippen molar-refractivity contribution in [2.45, 2.75) is 0 Å². The average Bonchev–Trinajstić information content (AvgIpc) is 2.51. The first-order chi connectivity index (χ1) is 10.2. The van der Waals surface area contributed by atoms with E-state index in [4.69, 9.17) is 33.2 Å². The van der Waals surface area contributed by atoms with Gasteiger partial charge >= 0.3 is 0 Å². The molecule has 3 rings (SSSR count). The van der Waals surface area contributed by atoms with Gasteiger partial charge in [-0.1, -0.05) is 47.5 Å². The minimum atomic E-state index is 0.428. The number of nitrogens with zero attached hydrogens (tertiary/aromatic N) is 1. The summed E-state index contributed by atoms with van der Waals surface area (Å²) in [6.45, 7) is 0. The molecule has 0 N–H and O–H groups in total. The van der Waals surface area contributed by atoms with Crippen molar-refractivity contribution in [2.24, 2.45) is 0 Å². The molecule has 4 heteroatoms. The predicted molar refractivity (Wildman–Crippen MR) is 85.2 cm³/mol. The van der Waals surface area contributed by atoms with Crippen LogP contribution < -0.4 is 4.74 Å². The number of benzene rings is 3. The normalized spacial score (nSPS) is 10.3. The highest BCUT2D eigenvalue weighted by molar-refractivity contribution is 6.35. The molecule has 102 valence electrons. The van der Waals surface area contributed by atoms with Crippen LogP contribution in [0.25, 0.3) is 10.8 Å². The fraction of sp³-hybridized carbons (Fsp3) is 0. The van der Waals surface area contributed by atoms with E-state index in [9.17, 15) is 0 Å². The van der Waals surface area contributed by atoms with Crippen LogP contribution in [0.5, 0.6) is 11.5 Å². The summed E-state index contributed by atoms with van der Waals surface area (Å²) >= 11 is 12.2. The lowest BCUT2D eigenvalue weighted by atomic mass is 10.1. The molecule has 0 aliphatic heterocycles. The van der Waals surface area contributed by atoms with Gasteiger partial charge in [0.25, 0.3) is 0 Å². The van der Waals surface area contributed by atoms with Gasteiger partial charge in [0, 0.05) is 26.9 Å². The zero-order valence-electron chi connectivity index (χ0n) is 10.8. The van der Waals surface area contributed by atoms with Crippen LogP contribution in [0.1, 0.15) is 5.56 Å². The molecule has 0 atom stereocenters. The maximum atomic E-state index is 9.15. The number of ether oxygens (including phenoxy) is 1. The van der Waals surface area contributed by atoms with Gasteiger partial charge < -0.3 is 4.74 Å². The zero-order chi connectivity index (χ0) is 14.8. The largest absolute Gasteiger partial charge is 0.455 e. The first-order valence-corrected chi connectivity index (χ1v) is 6.99. The van der Waals surface area contributed by atoms with Crippen LogP contribution in [0.2, 0.25) is 10.0 Å². The molecule has 0 bridgehead atoms. The minimum Gasteiger partial charge on any atom is -0.455 e. The number of hydrogen-bond donors (Lipinski definition) is 0. The summed E-state index contributed by atoms with van der Waals surface area (Å²) in [5, 5.41) is 12.1. The Morgan fingerprint density at radius 3 is 2.38 bits per heavy atom. The lowest BCUT2D eigenvalue weighted by Crippen LogP contribution is -1.90. The standard InChI is InChI=1S/C17H9Cl2NO/c18-12-6-5-11(10-20)17(9-12)21-16-8-7-15(19)13-3-1-2-4-14(13)16/h1-9H. The number of nitriles is 1. The van der Waals surface area contributed by atoms with Crippen molar-refractivity contribution in [3.63, 3.8) is 0 Å². The molecule has 0 unspecified atom stereocenters. The van der Waals surface area contributed by atoms with E-state index >= 15 is 0 Å². The van der Waals surface area contributed by atoms with E-state index in [0.717, 1.165) is 10.8 Å². The molecular formula is C17H9Cl2NO. The van der Waals surface area contributed by atoms with Gasteiger partial charge in [-0.05, 0) is 24.3 Å². The highest BCUT2D eigenvalue weighted by atomic mass is 35.5. The molecule has 0 fully saturated rings. The van der Waals surface area contributed by atoms with Gasteiger partial charge in [-0.15, -0.1) is 0 Å². The summed E-state index contributed by atoms with van der Waals surface area (Å²) in [4.78, 5) is 0. The Labute approximate surface area is 132 Å². The summed E-state index contributed by atoms with van der Waals surface area (Å²) in [5.41, 5.74) is 0.429. The molecular weight excluding hydrogens is 305 g/mol. The third-order valence-corrected chi connectivity index (χ3v) is 3.68. The van der Waals surface area contributed by atoms with Crippen LogP contribution in [-0.2, 0) is 0 Å². The van der Waals surface area contributed by atoms with E-state index < -0.39 is 0 Å². The van der Waals surface area contributed by atoms with Gasteiger partial charge in [0.05, 0.1) is 5.56 Å². The van der Waals surface area contributed by atoms with Gasteiger partial charge in [0.15, 0.2) is 0 Å². The van der Waals surface area contributed by atoms with E-state index in [0.29, 0.717) is 27.1 Å². The minimum absolute atomic E-state index is 0.428. The topological polar surface area (TPSA) is 33.0 Å². The fourth-order valence-electron chi connectivity index (χ4n) is 2.12. The maximum Gasteiger partial charge on any atom is 0.146 e. The average molecular weight is 314 g/mol. The van der Waals surface area contributed by atoms with Crippen molar-refractivity contribution in [1.82, 2.24) is 0 Å². The van der Waals surface area contributed by atoms with E-state index in [-0.39, 0.29) is 0 Å². The van der Waals surface area contributed by atoms with Crippen LogP contribution >= 0.6 is 23.2 Å². The van der Waals surface area contributed by atoms with Crippen molar-refractivity contribution in [2.75, 3.05) is 0 Å². The maximum absolute atomic E-state index is 9.15. The summed E-state index contributed by atoms with van der Waals surface area (Å²) in [5.74, 6) is 1.06. The Morgan fingerprint density at radius 1 is 0.857 bits per heavy atom. The summed E-state index contributed by atoms with van der Waals surface area (Å²) in [7, 11) is 0. The third kappa shape index (κ3) is 2.67. The monoisotopic (exact) mass is 313 g/mol. The number of fused-ring (bicyclic) bond motifs is 1. The van der Waals surface area contributed by atoms with Crippen molar-refractivity contribution in [1.29, 1.82) is 5.26 Å². The van der Waals surface area contributed by atoms with Crippen molar-refractivity contribution in [3.8, 4) is 17.6 Å². The van der Waals surface area contributed by atoms with Gasteiger partial charge in [-0.3, -0.25) is 0 Å². The molecule has 3 aromatic rings. The number of halogens is 2. The second-order valence-corrected chi connectivity index (χ2v) is 5.29. The van der Waals surface area contributed by atoms with Crippen molar-refractivity contribution in [3.05, 3.63) is 70.2 Å². The second kappa shape index (κ2) is 5.65. The predicted octanol–water partition coefficient (Wildman–Crippen LogP) is 5.81. The van der Waals surface area contributed by atoms with Crippen LogP contribution in [-0.4, -0.2) is 0 Å². The second-order valence-electron chi connectivity index (χ2n) is 4.45. The molecule has 0 heterocycles. The molecule has 21 heavy (non-hydrogen) atoms. The van der Waals surface area contributed by atoms with Crippen molar-refractivity contribution < 1.29 is 4.74 Å². The molecule has 0 aliphatic rings. The van der Waals surface area contributed by atoms with Crippen LogP contribution in [0, 0.1) is 11.3 Å². The summed E-state index contributed by atoms with van der Waals surface area (Å²) < 4.78 is 5.88. The van der Waals surface area contributed by atoms with Crippen LogP contribution in [0.15, 0.2) is 54.6 Å². The Morgan fingerprint density at radius 2 is 1.62 bits per heavy atom. The highest BCUT2D eigenvalue weighted by Crippen LogP contribution is 2.35. The van der Waals surface area contributed by atoms with Gasteiger partial charge in [-0.2, -0.15) is 5.26 Å². The molecule has 0 saturated carbocycles.